The van der Waals surface area contributed by atoms with Crippen LogP contribution < -0.4 is 10.6 Å². The van der Waals surface area contributed by atoms with Crippen molar-refractivity contribution in [3.05, 3.63) is 99.7 Å². The first-order chi connectivity index (χ1) is 22.2. The highest BCUT2D eigenvalue weighted by Crippen LogP contribution is 2.36. The minimum atomic E-state index is -0.456. The maximum Gasteiger partial charge on any atom is 0.254 e. The lowest BCUT2D eigenvalue weighted by Gasteiger charge is -2.44. The summed E-state index contributed by atoms with van der Waals surface area (Å²) in [5.74, 6) is 0.139. The van der Waals surface area contributed by atoms with Gasteiger partial charge in [-0.1, -0.05) is 75.9 Å². The third-order valence-corrected chi connectivity index (χ3v) is 10.3. The summed E-state index contributed by atoms with van der Waals surface area (Å²) >= 11 is 0. The van der Waals surface area contributed by atoms with Gasteiger partial charge in [-0.25, -0.2) is 0 Å². The van der Waals surface area contributed by atoms with Crippen molar-refractivity contribution in [1.29, 1.82) is 0 Å². The number of rotatable bonds is 9. The van der Waals surface area contributed by atoms with Gasteiger partial charge < -0.3 is 20.4 Å². The molecule has 7 heteroatoms. The van der Waals surface area contributed by atoms with E-state index in [1.165, 1.54) is 12.0 Å². The van der Waals surface area contributed by atoms with Crippen LogP contribution in [-0.2, 0) is 17.6 Å². The number of primary amides is 1. The minimum absolute atomic E-state index is 0.00171. The number of amides is 3. The lowest BCUT2D eigenvalue weighted by atomic mass is 9.90. The van der Waals surface area contributed by atoms with Gasteiger partial charge in [-0.3, -0.25) is 14.4 Å². The molecule has 3 amide bonds. The van der Waals surface area contributed by atoms with Crippen molar-refractivity contribution in [2.24, 2.45) is 11.7 Å². The molecule has 3 atom stereocenters. The number of anilines is 1. The first-order valence-corrected chi connectivity index (χ1v) is 17.1. The second-order valence-electron chi connectivity index (χ2n) is 13.1. The monoisotopic (exact) mass is 622 g/mol. The van der Waals surface area contributed by atoms with Crippen molar-refractivity contribution in [1.82, 2.24) is 9.80 Å². The average molecular weight is 623 g/mol. The van der Waals surface area contributed by atoms with Crippen LogP contribution in [0.3, 0.4) is 0 Å². The van der Waals surface area contributed by atoms with Crippen LogP contribution in [0, 0.1) is 5.92 Å². The van der Waals surface area contributed by atoms with Crippen LogP contribution in [0.4, 0.5) is 5.69 Å². The smallest absolute Gasteiger partial charge is 0.254 e. The summed E-state index contributed by atoms with van der Waals surface area (Å²) in [6.07, 6.45) is 12.5. The molecule has 2 aromatic carbocycles. The van der Waals surface area contributed by atoms with Crippen molar-refractivity contribution in [2.45, 2.75) is 85.2 Å². The number of carbonyl (C=O) groups excluding carboxylic acids is 3. The highest BCUT2D eigenvalue weighted by atomic mass is 16.2. The van der Waals surface area contributed by atoms with E-state index in [4.69, 9.17) is 5.73 Å². The molecule has 5 rings (SSSR count). The molecule has 7 nitrogen and oxygen atoms in total. The normalized spacial score (nSPS) is 22.3. The standard InChI is InChI=1S/C39H50N4O3/c1-6-10-13-27(7-2)20-30-16-17-31(37(40)44)23-36(30)43-24-32(21-28(8-3)34(9-4)26(43)5)38(45)41-18-19-42-33(25-41)22-29-14-11-12-15-35(29)39(42)46/h8-9,11-12,14-17,21,23,26-27,33H,6-7,10,13,18-20,22,24-25H2,1-5H3,(H2,40,44)/b28-8-,34-9-. The van der Waals surface area contributed by atoms with Gasteiger partial charge in [-0.05, 0) is 86.1 Å². The van der Waals surface area contributed by atoms with Gasteiger partial charge in [-0.15, -0.1) is 0 Å². The molecule has 2 N–H and O–H groups in total. The molecule has 0 radical (unpaired) electrons. The lowest BCUT2D eigenvalue weighted by molar-refractivity contribution is -0.129. The molecule has 3 heterocycles. The SMILES string of the molecule is C/C=C1/C=C(C(=O)N2CCN3C(=O)c4ccccc4CC3C2)CN(c2cc(C(N)=O)ccc2CC(CC)CCCC)C(C)/C1=C/C. The number of nitrogens with two attached hydrogens (primary N) is 1. The number of fused-ring (bicyclic) bond motifs is 2. The number of nitrogens with zero attached hydrogens (tertiary/aromatic N) is 3. The predicted molar refractivity (Wildman–Crippen MR) is 186 cm³/mol. The Balaban J connectivity index is 1.49. The van der Waals surface area contributed by atoms with Crippen LogP contribution in [-0.4, -0.2) is 65.8 Å². The Morgan fingerprint density at radius 2 is 1.83 bits per heavy atom. The third-order valence-electron chi connectivity index (χ3n) is 10.3. The summed E-state index contributed by atoms with van der Waals surface area (Å²) in [5, 5.41) is 0. The fourth-order valence-electron chi connectivity index (χ4n) is 7.54. The molecular formula is C39H50N4O3. The molecule has 0 aromatic heterocycles. The molecule has 2 aromatic rings. The second kappa shape index (κ2) is 14.5. The van der Waals surface area contributed by atoms with E-state index >= 15 is 0 Å². The highest BCUT2D eigenvalue weighted by Gasteiger charge is 2.39. The predicted octanol–water partition coefficient (Wildman–Crippen LogP) is 6.48. The van der Waals surface area contributed by atoms with Crippen LogP contribution in [0.15, 0.2) is 77.4 Å². The van der Waals surface area contributed by atoms with E-state index in [0.717, 1.165) is 60.1 Å². The molecule has 0 spiro atoms. The molecule has 46 heavy (non-hydrogen) atoms. The summed E-state index contributed by atoms with van der Waals surface area (Å²) in [4.78, 5) is 46.3. The summed E-state index contributed by atoms with van der Waals surface area (Å²) in [6.45, 7) is 12.6. The Labute approximate surface area is 274 Å². The van der Waals surface area contributed by atoms with Gasteiger partial charge in [0.05, 0.1) is 12.1 Å². The molecule has 0 bridgehead atoms. The van der Waals surface area contributed by atoms with E-state index in [9.17, 15) is 14.4 Å². The van der Waals surface area contributed by atoms with Crippen molar-refractivity contribution in [2.75, 3.05) is 31.1 Å². The minimum Gasteiger partial charge on any atom is -0.366 e. The van der Waals surface area contributed by atoms with E-state index < -0.39 is 5.91 Å². The van der Waals surface area contributed by atoms with Crippen LogP contribution >= 0.6 is 0 Å². The molecule has 1 fully saturated rings. The average Bonchev–Trinajstić information content (AvgIpc) is 3.21. The zero-order chi connectivity index (χ0) is 33.0. The molecule has 3 unspecified atom stereocenters. The van der Waals surface area contributed by atoms with Gasteiger partial charge in [0.25, 0.3) is 11.8 Å². The summed E-state index contributed by atoms with van der Waals surface area (Å²) in [5.41, 5.74) is 13.1. The molecule has 0 saturated carbocycles. The fraction of sp³-hybridized carbons (Fsp3) is 0.462. The van der Waals surface area contributed by atoms with Gasteiger partial charge >= 0.3 is 0 Å². The number of hydrogen-bond acceptors (Lipinski definition) is 4. The first-order valence-electron chi connectivity index (χ1n) is 17.1. The van der Waals surface area contributed by atoms with Gasteiger partial charge in [0.2, 0.25) is 5.91 Å². The molecule has 3 aliphatic rings. The zero-order valence-corrected chi connectivity index (χ0v) is 28.2. The van der Waals surface area contributed by atoms with E-state index in [2.05, 4.69) is 50.0 Å². The van der Waals surface area contributed by atoms with Crippen molar-refractivity contribution < 1.29 is 14.4 Å². The Bertz CT molecular complexity index is 1570. The molecule has 1 saturated heterocycles. The van der Waals surface area contributed by atoms with Crippen molar-refractivity contribution in [3.63, 3.8) is 0 Å². The molecule has 0 aliphatic carbocycles. The summed E-state index contributed by atoms with van der Waals surface area (Å²) in [6, 6.07) is 13.6. The molecule has 3 aliphatic heterocycles. The lowest BCUT2D eigenvalue weighted by Crippen LogP contribution is -2.59. The Hall–Kier alpha value is -4.13. The Morgan fingerprint density at radius 3 is 2.52 bits per heavy atom. The van der Waals surface area contributed by atoms with Crippen molar-refractivity contribution in [3.8, 4) is 0 Å². The van der Waals surface area contributed by atoms with E-state index in [1.54, 1.807) is 0 Å². The van der Waals surface area contributed by atoms with E-state index in [1.807, 2.05) is 60.0 Å². The van der Waals surface area contributed by atoms with Crippen LogP contribution in [0.1, 0.15) is 92.1 Å². The maximum absolute atomic E-state index is 14.5. The summed E-state index contributed by atoms with van der Waals surface area (Å²) in [7, 11) is 0. The third kappa shape index (κ3) is 6.69. The number of hydrogen-bond donors (Lipinski definition) is 1. The Morgan fingerprint density at radius 1 is 1.04 bits per heavy atom. The van der Waals surface area contributed by atoms with Gasteiger partial charge in [-0.2, -0.15) is 0 Å². The number of unbranched alkanes of at least 4 members (excludes halogenated alkanes) is 1. The maximum atomic E-state index is 14.5. The molecule has 244 valence electrons. The number of piperazine rings is 1. The number of carbonyl (C=O) groups is 3. The van der Waals surface area contributed by atoms with E-state index in [0.29, 0.717) is 43.2 Å². The molecular weight excluding hydrogens is 572 g/mol. The fourth-order valence-corrected chi connectivity index (χ4v) is 7.54. The van der Waals surface area contributed by atoms with Gasteiger partial charge in [0.15, 0.2) is 0 Å². The zero-order valence-electron chi connectivity index (χ0n) is 28.2. The highest BCUT2D eigenvalue weighted by molar-refractivity contribution is 5.99. The van der Waals surface area contributed by atoms with E-state index in [-0.39, 0.29) is 23.9 Å². The van der Waals surface area contributed by atoms with Gasteiger partial charge in [0, 0.05) is 48.6 Å². The van der Waals surface area contributed by atoms with Crippen molar-refractivity contribution >= 4 is 23.4 Å². The van der Waals surface area contributed by atoms with Gasteiger partial charge in [0.1, 0.15) is 0 Å². The second-order valence-corrected chi connectivity index (χ2v) is 13.1. The first kappa shape index (κ1) is 33.2. The quantitative estimate of drug-likeness (QED) is 0.347. The Kier molecular flexibility index (Phi) is 10.5. The number of benzene rings is 2. The van der Waals surface area contributed by atoms with Crippen LogP contribution in [0.5, 0.6) is 0 Å². The largest absolute Gasteiger partial charge is 0.366 e. The number of allylic oxidation sites excluding steroid dienone is 3. The summed E-state index contributed by atoms with van der Waals surface area (Å²) < 4.78 is 0. The topological polar surface area (TPSA) is 87.0 Å². The van der Waals surface area contributed by atoms with Crippen LogP contribution in [0.25, 0.3) is 0 Å². The van der Waals surface area contributed by atoms with Crippen LogP contribution in [0.2, 0.25) is 0 Å².